The minimum absolute atomic E-state index is 0.122. The fourth-order valence-corrected chi connectivity index (χ4v) is 4.04. The molecular formula is C28H30NO6P. The van der Waals surface area contributed by atoms with Crippen molar-refractivity contribution in [2.75, 3.05) is 6.61 Å². The van der Waals surface area contributed by atoms with Gasteiger partial charge in [0, 0.05) is 18.4 Å². The van der Waals surface area contributed by atoms with Gasteiger partial charge in [-0.2, -0.15) is 0 Å². The molecule has 7 nitrogen and oxygen atoms in total. The first-order valence-corrected chi connectivity index (χ1v) is 12.5. The van der Waals surface area contributed by atoms with Crippen LogP contribution in [-0.2, 0) is 36.6 Å². The number of ether oxygens (including phenoxy) is 2. The summed E-state index contributed by atoms with van der Waals surface area (Å²) in [4.78, 5) is 25.0. The molecule has 0 saturated carbocycles. The average Bonchev–Trinajstić information content (AvgIpc) is 2.92. The van der Waals surface area contributed by atoms with Gasteiger partial charge in [-0.3, -0.25) is 9.32 Å². The van der Waals surface area contributed by atoms with Gasteiger partial charge in [0.2, 0.25) is 0 Å². The zero-order valence-electron chi connectivity index (χ0n) is 20.0. The molecular weight excluding hydrogens is 477 g/mol. The van der Waals surface area contributed by atoms with E-state index < -0.39 is 20.8 Å². The number of hydrogen-bond donors (Lipinski definition) is 1. The van der Waals surface area contributed by atoms with Crippen molar-refractivity contribution in [3.05, 3.63) is 108 Å². The molecule has 0 aliphatic rings. The quantitative estimate of drug-likeness (QED) is 0.206. The Morgan fingerprint density at radius 2 is 1.33 bits per heavy atom. The molecule has 0 bridgehead atoms. The number of hydrogen-bond acceptors (Lipinski definition) is 6. The number of amides is 1. The van der Waals surface area contributed by atoms with Crippen LogP contribution in [0.25, 0.3) is 0 Å². The van der Waals surface area contributed by atoms with Crippen molar-refractivity contribution in [2.45, 2.75) is 44.4 Å². The van der Waals surface area contributed by atoms with Crippen LogP contribution in [-0.4, -0.2) is 24.7 Å². The van der Waals surface area contributed by atoms with Crippen molar-refractivity contribution >= 4 is 20.7 Å². The molecule has 3 rings (SSSR count). The molecule has 188 valence electrons. The number of esters is 1. The van der Waals surface area contributed by atoms with Crippen LogP contribution in [0.4, 0.5) is 4.79 Å². The van der Waals surface area contributed by atoms with E-state index in [1.165, 1.54) is 0 Å². The van der Waals surface area contributed by atoms with Crippen molar-refractivity contribution in [2.24, 2.45) is 0 Å². The molecule has 0 heterocycles. The predicted molar refractivity (Wildman–Crippen MR) is 136 cm³/mol. The van der Waals surface area contributed by atoms with E-state index in [2.05, 4.69) is 5.32 Å². The van der Waals surface area contributed by atoms with Gasteiger partial charge in [-0.25, -0.2) is 9.36 Å². The van der Waals surface area contributed by atoms with Gasteiger partial charge >= 0.3 is 20.7 Å². The number of rotatable bonds is 14. The van der Waals surface area contributed by atoms with Gasteiger partial charge in [-0.05, 0) is 29.5 Å². The minimum Gasteiger partial charge on any atom is -0.461 e. The van der Waals surface area contributed by atoms with E-state index in [-0.39, 0.29) is 38.1 Å². The highest BCUT2D eigenvalue weighted by atomic mass is 31.1. The first-order chi connectivity index (χ1) is 17.7. The van der Waals surface area contributed by atoms with Crippen molar-refractivity contribution in [3.8, 4) is 0 Å². The molecule has 1 amide bonds. The molecule has 2 atom stereocenters. The van der Waals surface area contributed by atoms with Gasteiger partial charge in [0.25, 0.3) is 0 Å². The first kappa shape index (κ1) is 27.1. The Morgan fingerprint density at radius 3 is 1.92 bits per heavy atom. The lowest BCUT2D eigenvalue weighted by atomic mass is 9.89. The molecule has 2 unspecified atom stereocenters. The van der Waals surface area contributed by atoms with Gasteiger partial charge in [-0.15, -0.1) is 0 Å². The minimum atomic E-state index is -0.573. The second-order valence-electron chi connectivity index (χ2n) is 8.24. The molecule has 8 heteroatoms. The Balaban J connectivity index is 1.61. The van der Waals surface area contributed by atoms with Crippen LogP contribution in [0.5, 0.6) is 0 Å². The Labute approximate surface area is 213 Å². The summed E-state index contributed by atoms with van der Waals surface area (Å²) in [5.41, 5.74) is 2.71. The SMILES string of the molecule is O=POCC(c1ccccc1)C(CCCC(=O)OCc1ccccc1)NC(=O)OCc1ccccc1. The zero-order chi connectivity index (χ0) is 25.4. The molecule has 3 aromatic rings. The van der Waals surface area contributed by atoms with Crippen LogP contribution in [0.15, 0.2) is 91.0 Å². The lowest BCUT2D eigenvalue weighted by Crippen LogP contribution is -2.41. The second-order valence-corrected chi connectivity index (χ2v) is 8.65. The first-order valence-electron chi connectivity index (χ1n) is 11.8. The third-order valence-electron chi connectivity index (χ3n) is 5.67. The Bertz CT molecular complexity index is 1070. The fraction of sp³-hybridized carbons (Fsp3) is 0.286. The van der Waals surface area contributed by atoms with Gasteiger partial charge in [-0.1, -0.05) is 91.0 Å². The monoisotopic (exact) mass is 507 g/mol. The van der Waals surface area contributed by atoms with Crippen LogP contribution in [0.1, 0.15) is 41.9 Å². The standard InChI is InChI=1S/C28H30NO6P/c30-27(33-19-22-11-4-1-5-12-22)18-10-17-26(25(21-35-36-32)24-15-8-3-9-16-24)29-28(31)34-20-23-13-6-2-7-14-23/h1-9,11-16,25-26H,10,17-21H2,(H,29,31). The largest absolute Gasteiger partial charge is 0.461 e. The topological polar surface area (TPSA) is 90.9 Å². The van der Waals surface area contributed by atoms with E-state index in [4.69, 9.17) is 14.0 Å². The van der Waals surface area contributed by atoms with Crippen molar-refractivity contribution < 1.29 is 28.2 Å². The van der Waals surface area contributed by atoms with Crippen molar-refractivity contribution in [1.29, 1.82) is 0 Å². The summed E-state index contributed by atoms with van der Waals surface area (Å²) in [6.45, 7) is 0.476. The summed E-state index contributed by atoms with van der Waals surface area (Å²) in [5.74, 6) is -0.605. The van der Waals surface area contributed by atoms with Gasteiger partial charge in [0.05, 0.1) is 6.61 Å². The summed E-state index contributed by atoms with van der Waals surface area (Å²) in [5, 5.41) is 2.93. The maximum Gasteiger partial charge on any atom is 0.407 e. The third-order valence-corrected chi connectivity index (χ3v) is 5.93. The van der Waals surface area contributed by atoms with Crippen molar-refractivity contribution in [3.63, 3.8) is 0 Å². The van der Waals surface area contributed by atoms with Crippen molar-refractivity contribution in [1.82, 2.24) is 5.32 Å². The van der Waals surface area contributed by atoms with E-state index in [9.17, 15) is 14.2 Å². The van der Waals surface area contributed by atoms with E-state index in [0.29, 0.717) is 12.8 Å². The summed E-state index contributed by atoms with van der Waals surface area (Å²) in [6.07, 6.45) is 0.581. The third kappa shape index (κ3) is 9.61. The molecule has 36 heavy (non-hydrogen) atoms. The molecule has 3 aromatic carbocycles. The summed E-state index contributed by atoms with van der Waals surface area (Å²) >= 11 is 0. The maximum absolute atomic E-state index is 12.7. The summed E-state index contributed by atoms with van der Waals surface area (Å²) in [6, 6.07) is 28.0. The molecule has 1 N–H and O–H groups in total. The normalized spacial score (nSPS) is 12.4. The van der Waals surface area contributed by atoms with E-state index in [1.807, 2.05) is 91.0 Å². The van der Waals surface area contributed by atoms with Crippen LogP contribution in [0.3, 0.4) is 0 Å². The second kappa shape index (κ2) is 15.5. The van der Waals surface area contributed by atoms with E-state index in [1.54, 1.807) is 0 Å². The Morgan fingerprint density at radius 1 is 0.778 bits per heavy atom. The highest BCUT2D eigenvalue weighted by Crippen LogP contribution is 2.25. The van der Waals surface area contributed by atoms with Crippen LogP contribution in [0, 0.1) is 0 Å². The highest BCUT2D eigenvalue weighted by molar-refractivity contribution is 7.17. The van der Waals surface area contributed by atoms with E-state index in [0.717, 1.165) is 16.7 Å². The smallest absolute Gasteiger partial charge is 0.407 e. The molecule has 0 saturated heterocycles. The summed E-state index contributed by atoms with van der Waals surface area (Å²) in [7, 11) is -0.442. The highest BCUT2D eigenvalue weighted by Gasteiger charge is 2.26. The maximum atomic E-state index is 12.7. The lowest BCUT2D eigenvalue weighted by molar-refractivity contribution is -0.145. The number of benzene rings is 3. The lowest BCUT2D eigenvalue weighted by Gasteiger charge is -2.27. The Kier molecular flexibility index (Phi) is 11.6. The zero-order valence-corrected chi connectivity index (χ0v) is 20.8. The Hall–Kier alpha value is -3.54. The molecule has 0 aliphatic heterocycles. The molecule has 0 aromatic heterocycles. The molecule has 0 fully saturated rings. The van der Waals surface area contributed by atoms with E-state index >= 15 is 0 Å². The van der Waals surface area contributed by atoms with Crippen LogP contribution >= 0.6 is 8.69 Å². The summed E-state index contributed by atoms with van der Waals surface area (Å²) < 4.78 is 27.0. The number of alkyl carbamates (subject to hydrolysis) is 1. The molecule has 0 spiro atoms. The van der Waals surface area contributed by atoms with Gasteiger partial charge < -0.3 is 14.8 Å². The molecule has 0 aliphatic carbocycles. The molecule has 0 radical (unpaired) electrons. The predicted octanol–water partition coefficient (Wildman–Crippen LogP) is 6.20. The van der Waals surface area contributed by atoms with Crippen LogP contribution in [0.2, 0.25) is 0 Å². The number of carbonyl (C=O) groups is 2. The van der Waals surface area contributed by atoms with Crippen LogP contribution < -0.4 is 5.32 Å². The van der Waals surface area contributed by atoms with Gasteiger partial charge in [0.1, 0.15) is 13.2 Å². The van der Waals surface area contributed by atoms with Gasteiger partial charge in [0.15, 0.2) is 0 Å². The fourth-order valence-electron chi connectivity index (χ4n) is 3.82. The number of carbonyl (C=O) groups excluding carboxylic acids is 2. The number of nitrogens with one attached hydrogen (secondary N) is 1. The average molecular weight is 508 g/mol.